The number of halogens is 1. The highest BCUT2D eigenvalue weighted by atomic mass is 19.1. The molecule has 1 aromatic carbocycles. The van der Waals surface area contributed by atoms with E-state index in [1.54, 1.807) is 6.07 Å². The largest absolute Gasteiger partial charge is 0.250 e. The van der Waals surface area contributed by atoms with Crippen LogP contribution in [0.2, 0.25) is 0 Å². The Morgan fingerprint density at radius 2 is 2.21 bits per heavy atom. The third-order valence-corrected chi connectivity index (χ3v) is 2.44. The minimum Gasteiger partial charge on any atom is -0.250 e. The lowest BCUT2D eigenvalue weighted by atomic mass is 9.96. The number of nitrogens with zero attached hydrogens (tertiary/aromatic N) is 1. The molecule has 14 heavy (non-hydrogen) atoms. The summed E-state index contributed by atoms with van der Waals surface area (Å²) >= 11 is 0. The van der Waals surface area contributed by atoms with Gasteiger partial charge < -0.3 is 0 Å². The molecule has 0 heterocycles. The van der Waals surface area contributed by atoms with Crippen LogP contribution in [0.15, 0.2) is 18.2 Å². The Morgan fingerprint density at radius 1 is 1.50 bits per heavy atom. The van der Waals surface area contributed by atoms with Gasteiger partial charge in [0.05, 0.1) is 18.3 Å². The van der Waals surface area contributed by atoms with E-state index < -0.39 is 0 Å². The molecule has 0 spiro atoms. The number of hydrogen-bond acceptors (Lipinski definition) is 1. The van der Waals surface area contributed by atoms with E-state index in [-0.39, 0.29) is 12.6 Å². The first-order chi connectivity index (χ1) is 6.72. The Hall–Kier alpha value is -1.36. The van der Waals surface area contributed by atoms with Crippen molar-refractivity contribution in [3.63, 3.8) is 0 Å². The second kappa shape index (κ2) is 4.76. The van der Waals surface area contributed by atoms with E-state index >= 15 is 0 Å². The molecular formula is C12H14FN. The van der Waals surface area contributed by atoms with Crippen LogP contribution in [0, 0.1) is 11.3 Å². The Morgan fingerprint density at radius 3 is 2.71 bits per heavy atom. The van der Waals surface area contributed by atoms with Gasteiger partial charge in [0.15, 0.2) is 0 Å². The molecule has 1 unspecified atom stereocenters. The minimum atomic E-state index is -0.379. The van der Waals surface area contributed by atoms with Crippen molar-refractivity contribution in [2.24, 2.45) is 0 Å². The van der Waals surface area contributed by atoms with Crippen LogP contribution < -0.4 is 0 Å². The van der Waals surface area contributed by atoms with Gasteiger partial charge in [0.2, 0.25) is 0 Å². The van der Waals surface area contributed by atoms with E-state index in [4.69, 9.17) is 5.26 Å². The molecular weight excluding hydrogens is 177 g/mol. The van der Waals surface area contributed by atoms with Gasteiger partial charge in [-0.2, -0.15) is 5.26 Å². The summed E-state index contributed by atoms with van der Waals surface area (Å²) in [5.74, 6) is -0.118. The molecule has 1 atom stereocenters. The maximum Gasteiger partial charge on any atom is 0.0994 e. The standard InChI is InChI=1S/C12H14FN/c1-3-10-4-5-11(9(2)7-13)6-12(10)8-14/h4-6,9H,3,7H2,1-2H3. The molecule has 0 aliphatic rings. The molecule has 74 valence electrons. The summed E-state index contributed by atoms with van der Waals surface area (Å²) in [5.41, 5.74) is 2.61. The number of benzene rings is 1. The van der Waals surface area contributed by atoms with Gasteiger partial charge in [-0.15, -0.1) is 0 Å². The van der Waals surface area contributed by atoms with Gasteiger partial charge in [0.1, 0.15) is 0 Å². The van der Waals surface area contributed by atoms with Gasteiger partial charge in [0.25, 0.3) is 0 Å². The lowest BCUT2D eigenvalue weighted by Gasteiger charge is -2.09. The molecule has 1 nitrogen and oxygen atoms in total. The molecule has 0 amide bonds. The predicted octanol–water partition coefficient (Wildman–Crippen LogP) is 3.19. The molecule has 0 radical (unpaired) electrons. The van der Waals surface area contributed by atoms with Gasteiger partial charge in [-0.25, -0.2) is 0 Å². The second-order valence-electron chi connectivity index (χ2n) is 3.44. The monoisotopic (exact) mass is 191 g/mol. The predicted molar refractivity (Wildman–Crippen MR) is 54.9 cm³/mol. The van der Waals surface area contributed by atoms with Crippen LogP contribution in [0.3, 0.4) is 0 Å². The Balaban J connectivity index is 3.09. The number of rotatable bonds is 3. The van der Waals surface area contributed by atoms with Crippen LogP contribution in [0.5, 0.6) is 0 Å². The zero-order chi connectivity index (χ0) is 10.6. The summed E-state index contributed by atoms with van der Waals surface area (Å²) in [5, 5.41) is 8.88. The molecule has 0 saturated carbocycles. The summed E-state index contributed by atoms with van der Waals surface area (Å²) < 4.78 is 12.4. The molecule has 0 N–H and O–H groups in total. The number of nitriles is 1. The van der Waals surface area contributed by atoms with E-state index in [2.05, 4.69) is 6.07 Å². The van der Waals surface area contributed by atoms with E-state index in [0.29, 0.717) is 5.56 Å². The minimum absolute atomic E-state index is 0.118. The van der Waals surface area contributed by atoms with Crippen molar-refractivity contribution >= 4 is 0 Å². The van der Waals surface area contributed by atoms with Gasteiger partial charge in [-0.3, -0.25) is 4.39 Å². The summed E-state index contributed by atoms with van der Waals surface area (Å²) in [6.07, 6.45) is 0.840. The first-order valence-electron chi connectivity index (χ1n) is 4.81. The van der Waals surface area contributed by atoms with E-state index in [1.165, 1.54) is 0 Å². The molecule has 0 aromatic heterocycles. The highest BCUT2D eigenvalue weighted by Crippen LogP contribution is 2.19. The quantitative estimate of drug-likeness (QED) is 0.719. The molecule has 1 aromatic rings. The van der Waals surface area contributed by atoms with Crippen molar-refractivity contribution in [1.82, 2.24) is 0 Å². The van der Waals surface area contributed by atoms with Crippen LogP contribution in [-0.4, -0.2) is 6.67 Å². The number of hydrogen-bond donors (Lipinski definition) is 0. The average Bonchev–Trinajstić information content (AvgIpc) is 2.26. The molecule has 1 rings (SSSR count). The summed E-state index contributed by atoms with van der Waals surface area (Å²) in [4.78, 5) is 0. The zero-order valence-corrected chi connectivity index (χ0v) is 8.55. The molecule has 0 fully saturated rings. The van der Waals surface area contributed by atoms with Gasteiger partial charge in [0, 0.05) is 5.92 Å². The number of alkyl halides is 1. The second-order valence-corrected chi connectivity index (χ2v) is 3.44. The van der Waals surface area contributed by atoms with Crippen LogP contribution >= 0.6 is 0 Å². The zero-order valence-electron chi connectivity index (χ0n) is 8.55. The van der Waals surface area contributed by atoms with Gasteiger partial charge >= 0.3 is 0 Å². The van der Waals surface area contributed by atoms with Crippen LogP contribution in [-0.2, 0) is 6.42 Å². The average molecular weight is 191 g/mol. The topological polar surface area (TPSA) is 23.8 Å². The lowest BCUT2D eigenvalue weighted by molar-refractivity contribution is 0.447. The fourth-order valence-electron chi connectivity index (χ4n) is 1.40. The van der Waals surface area contributed by atoms with Crippen molar-refractivity contribution in [2.45, 2.75) is 26.2 Å². The fourth-order valence-corrected chi connectivity index (χ4v) is 1.40. The highest BCUT2D eigenvalue weighted by Gasteiger charge is 2.07. The maximum atomic E-state index is 12.4. The van der Waals surface area contributed by atoms with Crippen molar-refractivity contribution in [3.8, 4) is 6.07 Å². The maximum absolute atomic E-state index is 12.4. The van der Waals surface area contributed by atoms with Gasteiger partial charge in [-0.1, -0.05) is 26.0 Å². The van der Waals surface area contributed by atoms with E-state index in [9.17, 15) is 4.39 Å². The van der Waals surface area contributed by atoms with E-state index in [1.807, 2.05) is 26.0 Å². The smallest absolute Gasteiger partial charge is 0.0994 e. The first kappa shape index (κ1) is 10.7. The molecule has 0 aliphatic heterocycles. The molecule has 2 heteroatoms. The third kappa shape index (κ3) is 2.11. The van der Waals surface area contributed by atoms with Crippen molar-refractivity contribution < 1.29 is 4.39 Å². The Labute approximate surface area is 84.2 Å². The SMILES string of the molecule is CCc1ccc(C(C)CF)cc1C#N. The fraction of sp³-hybridized carbons (Fsp3) is 0.417. The van der Waals surface area contributed by atoms with Gasteiger partial charge in [-0.05, 0) is 23.6 Å². The summed E-state index contributed by atoms with van der Waals surface area (Å²) in [6.45, 7) is 3.45. The van der Waals surface area contributed by atoms with Crippen LogP contribution in [0.1, 0.15) is 36.5 Å². The normalized spacial score (nSPS) is 12.1. The molecule has 0 bridgehead atoms. The van der Waals surface area contributed by atoms with Crippen molar-refractivity contribution in [1.29, 1.82) is 5.26 Å². The van der Waals surface area contributed by atoms with E-state index in [0.717, 1.165) is 17.5 Å². The van der Waals surface area contributed by atoms with Crippen LogP contribution in [0.25, 0.3) is 0 Å². The first-order valence-corrected chi connectivity index (χ1v) is 4.81. The van der Waals surface area contributed by atoms with Crippen molar-refractivity contribution in [2.75, 3.05) is 6.67 Å². The third-order valence-electron chi connectivity index (χ3n) is 2.44. The Bertz CT molecular complexity index is 352. The summed E-state index contributed by atoms with van der Waals surface area (Å²) in [7, 11) is 0. The van der Waals surface area contributed by atoms with Crippen molar-refractivity contribution in [3.05, 3.63) is 34.9 Å². The molecule has 0 aliphatic carbocycles. The lowest BCUT2D eigenvalue weighted by Crippen LogP contribution is -1.97. The Kier molecular flexibility index (Phi) is 3.64. The highest BCUT2D eigenvalue weighted by molar-refractivity contribution is 5.41. The number of aryl methyl sites for hydroxylation is 1. The molecule has 0 saturated heterocycles. The summed E-state index contributed by atoms with van der Waals surface area (Å²) in [6, 6.07) is 7.76. The van der Waals surface area contributed by atoms with Crippen LogP contribution in [0.4, 0.5) is 4.39 Å².